The molecule has 0 aromatic carbocycles. The zero-order chi connectivity index (χ0) is 14.4. The third-order valence-electron chi connectivity index (χ3n) is 2.32. The minimum atomic E-state index is -1.52. The molecule has 2 unspecified atom stereocenters. The number of aromatic nitrogens is 1. The second-order valence-corrected chi connectivity index (χ2v) is 4.46. The molecule has 0 spiro atoms. The summed E-state index contributed by atoms with van der Waals surface area (Å²) in [7, 11) is 0. The summed E-state index contributed by atoms with van der Waals surface area (Å²) in [6.07, 6.45) is -0.516. The van der Waals surface area contributed by atoms with Gasteiger partial charge in [-0.3, -0.25) is 4.79 Å². The van der Waals surface area contributed by atoms with Crippen LogP contribution >= 0.6 is 12.2 Å². The molecular weight excluding hydrogens is 271 g/mol. The maximum absolute atomic E-state index is 13.7. The fourth-order valence-corrected chi connectivity index (χ4v) is 1.56. The first-order chi connectivity index (χ1) is 8.90. The smallest absolute Gasteiger partial charge is 0.335 e. The molecule has 0 saturated carbocycles. The summed E-state index contributed by atoms with van der Waals surface area (Å²) in [6.45, 7) is 2.76. The van der Waals surface area contributed by atoms with E-state index in [0.29, 0.717) is 4.64 Å². The third-order valence-corrected chi connectivity index (χ3v) is 2.64. The lowest BCUT2D eigenvalue weighted by molar-refractivity contribution is -0.146. The van der Waals surface area contributed by atoms with Gasteiger partial charge in [-0.2, -0.15) is 4.73 Å². The van der Waals surface area contributed by atoms with Crippen LogP contribution in [0.2, 0.25) is 0 Å². The Hall–Kier alpha value is -1.76. The van der Waals surface area contributed by atoms with E-state index < -0.39 is 24.6 Å². The van der Waals surface area contributed by atoms with E-state index in [-0.39, 0.29) is 5.91 Å². The zero-order valence-electron chi connectivity index (χ0n) is 10.6. The zero-order valence-corrected chi connectivity index (χ0v) is 11.4. The molecule has 2 atom stereocenters. The highest BCUT2D eigenvalue weighted by atomic mass is 32.1. The molecule has 1 aromatic rings. The lowest BCUT2D eigenvalue weighted by Crippen LogP contribution is -2.39. The van der Waals surface area contributed by atoms with E-state index in [2.05, 4.69) is 5.32 Å². The Balaban J connectivity index is 2.54. The highest BCUT2D eigenvalue weighted by Gasteiger charge is 2.22. The standard InChI is InChI=1S/C12H15FN2O3S/c1-8(14-9(2)16)10(13)7-12(17)18-15-6-4-3-5-11(15)19/h3-6,8,10H,7H2,1-2H3,(H,14,16). The molecule has 7 heteroatoms. The van der Waals surface area contributed by atoms with Crippen molar-refractivity contribution in [3.63, 3.8) is 0 Å². The van der Waals surface area contributed by atoms with Crippen LogP contribution in [0.3, 0.4) is 0 Å². The minimum Gasteiger partial charge on any atom is -0.351 e. The van der Waals surface area contributed by atoms with Crippen molar-refractivity contribution in [2.24, 2.45) is 0 Å². The molecule has 104 valence electrons. The number of carbonyl (C=O) groups excluding carboxylic acids is 2. The largest absolute Gasteiger partial charge is 0.351 e. The highest BCUT2D eigenvalue weighted by Crippen LogP contribution is 2.05. The monoisotopic (exact) mass is 286 g/mol. The lowest BCUT2D eigenvalue weighted by Gasteiger charge is -2.16. The van der Waals surface area contributed by atoms with Crippen molar-refractivity contribution in [1.29, 1.82) is 0 Å². The summed E-state index contributed by atoms with van der Waals surface area (Å²) in [6, 6.07) is 4.16. The van der Waals surface area contributed by atoms with Gasteiger partial charge in [0.25, 0.3) is 0 Å². The van der Waals surface area contributed by atoms with Crippen LogP contribution in [0.5, 0.6) is 0 Å². The van der Waals surface area contributed by atoms with Gasteiger partial charge in [0, 0.05) is 13.1 Å². The van der Waals surface area contributed by atoms with Gasteiger partial charge in [-0.25, -0.2) is 9.18 Å². The Bertz CT molecular complexity index is 518. The van der Waals surface area contributed by atoms with E-state index in [1.54, 1.807) is 18.2 Å². The molecule has 0 aliphatic carbocycles. The molecule has 1 heterocycles. The highest BCUT2D eigenvalue weighted by molar-refractivity contribution is 7.71. The number of alkyl halides is 1. The number of rotatable bonds is 5. The second kappa shape index (κ2) is 6.98. The van der Waals surface area contributed by atoms with Gasteiger partial charge in [0.05, 0.1) is 12.5 Å². The van der Waals surface area contributed by atoms with Gasteiger partial charge in [-0.1, -0.05) is 18.3 Å². The number of nitrogens with one attached hydrogen (secondary N) is 1. The first-order valence-corrected chi connectivity index (χ1v) is 6.11. The average molecular weight is 286 g/mol. The maximum atomic E-state index is 13.7. The molecule has 0 aliphatic heterocycles. The number of carbonyl (C=O) groups is 2. The van der Waals surface area contributed by atoms with Crippen LogP contribution in [0.25, 0.3) is 0 Å². The van der Waals surface area contributed by atoms with Crippen LogP contribution in [0.4, 0.5) is 4.39 Å². The van der Waals surface area contributed by atoms with E-state index in [9.17, 15) is 14.0 Å². The Morgan fingerprint density at radius 2 is 2.21 bits per heavy atom. The van der Waals surface area contributed by atoms with Crippen molar-refractivity contribution >= 4 is 24.1 Å². The number of pyridine rings is 1. The van der Waals surface area contributed by atoms with Crippen LogP contribution in [-0.2, 0) is 9.59 Å². The predicted octanol–water partition coefficient (Wildman–Crippen LogP) is 1.43. The average Bonchev–Trinajstić information content (AvgIpc) is 2.31. The Kier molecular flexibility index (Phi) is 5.62. The van der Waals surface area contributed by atoms with Crippen LogP contribution in [0.15, 0.2) is 24.4 Å². The van der Waals surface area contributed by atoms with Gasteiger partial charge in [0.1, 0.15) is 10.8 Å². The van der Waals surface area contributed by atoms with Crippen LogP contribution < -0.4 is 10.2 Å². The van der Waals surface area contributed by atoms with E-state index in [4.69, 9.17) is 17.1 Å². The SMILES string of the molecule is CC(=O)NC(C)C(F)CC(=O)On1ccccc1=S. The van der Waals surface area contributed by atoms with Crippen LogP contribution in [0.1, 0.15) is 20.3 Å². The van der Waals surface area contributed by atoms with Crippen LogP contribution in [-0.4, -0.2) is 28.8 Å². The molecule has 1 amide bonds. The topological polar surface area (TPSA) is 60.3 Å². The second-order valence-electron chi connectivity index (χ2n) is 4.04. The summed E-state index contributed by atoms with van der Waals surface area (Å²) in [4.78, 5) is 27.2. The number of amides is 1. The van der Waals surface area contributed by atoms with Crippen molar-refractivity contribution in [1.82, 2.24) is 10.0 Å². The number of hydrogen-bond donors (Lipinski definition) is 1. The first kappa shape index (κ1) is 15.3. The maximum Gasteiger partial charge on any atom is 0.335 e. The fourth-order valence-electron chi connectivity index (χ4n) is 1.38. The van der Waals surface area contributed by atoms with Crippen molar-refractivity contribution in [3.05, 3.63) is 29.0 Å². The first-order valence-electron chi connectivity index (χ1n) is 5.70. The number of nitrogens with zero attached hydrogens (tertiary/aromatic N) is 1. The van der Waals surface area contributed by atoms with Gasteiger partial charge in [0.2, 0.25) is 5.91 Å². The normalized spacial score (nSPS) is 13.4. The Morgan fingerprint density at radius 3 is 2.79 bits per heavy atom. The van der Waals surface area contributed by atoms with E-state index in [1.165, 1.54) is 20.0 Å². The van der Waals surface area contributed by atoms with E-state index >= 15 is 0 Å². The molecule has 0 fully saturated rings. The molecular formula is C12H15FN2O3S. The van der Waals surface area contributed by atoms with Crippen molar-refractivity contribution in [2.75, 3.05) is 0 Å². The van der Waals surface area contributed by atoms with E-state index in [1.807, 2.05) is 0 Å². The quantitative estimate of drug-likeness (QED) is 0.832. The Morgan fingerprint density at radius 1 is 1.53 bits per heavy atom. The van der Waals surface area contributed by atoms with Gasteiger partial charge in [0.15, 0.2) is 0 Å². The van der Waals surface area contributed by atoms with Crippen LogP contribution in [0, 0.1) is 4.64 Å². The van der Waals surface area contributed by atoms with Gasteiger partial charge < -0.3 is 10.2 Å². The van der Waals surface area contributed by atoms with Crippen molar-refractivity contribution in [2.45, 2.75) is 32.5 Å². The summed E-state index contributed by atoms with van der Waals surface area (Å²) < 4.78 is 15.1. The molecule has 1 aromatic heterocycles. The number of hydrogen-bond acceptors (Lipinski definition) is 4. The number of halogens is 1. The molecule has 19 heavy (non-hydrogen) atoms. The molecule has 5 nitrogen and oxygen atoms in total. The minimum absolute atomic E-state index is 0.307. The van der Waals surface area contributed by atoms with Crippen molar-refractivity contribution < 1.29 is 18.8 Å². The summed E-state index contributed by atoms with van der Waals surface area (Å²) >= 11 is 4.93. The summed E-state index contributed by atoms with van der Waals surface area (Å²) in [5.41, 5.74) is 0. The third kappa shape index (κ3) is 5.17. The predicted molar refractivity (Wildman–Crippen MR) is 69.6 cm³/mol. The fraction of sp³-hybridized carbons (Fsp3) is 0.417. The lowest BCUT2D eigenvalue weighted by atomic mass is 10.1. The molecule has 0 bridgehead atoms. The summed E-state index contributed by atoms with van der Waals surface area (Å²) in [5, 5.41) is 2.37. The molecule has 0 aliphatic rings. The summed E-state index contributed by atoms with van der Waals surface area (Å²) in [5.74, 6) is -1.11. The van der Waals surface area contributed by atoms with E-state index in [0.717, 1.165) is 4.73 Å². The molecule has 1 rings (SSSR count). The Labute approximate surface area is 115 Å². The van der Waals surface area contributed by atoms with Crippen molar-refractivity contribution in [3.8, 4) is 0 Å². The molecule has 1 N–H and O–H groups in total. The van der Waals surface area contributed by atoms with Gasteiger partial charge in [-0.15, -0.1) is 0 Å². The molecule has 0 radical (unpaired) electrons. The van der Waals surface area contributed by atoms with Gasteiger partial charge >= 0.3 is 5.97 Å². The molecule has 0 saturated heterocycles. The van der Waals surface area contributed by atoms with Gasteiger partial charge in [-0.05, 0) is 19.1 Å².